The van der Waals surface area contributed by atoms with E-state index < -0.39 is 0 Å². The number of pyridine rings is 1. The molecule has 0 amide bonds. The lowest BCUT2D eigenvalue weighted by atomic mass is 10.1. The van der Waals surface area contributed by atoms with Crippen molar-refractivity contribution in [1.29, 1.82) is 0 Å². The molecule has 0 atom stereocenters. The minimum absolute atomic E-state index is 0.456. The van der Waals surface area contributed by atoms with Gasteiger partial charge in [-0.15, -0.1) is 11.3 Å². The van der Waals surface area contributed by atoms with Gasteiger partial charge in [-0.1, -0.05) is 25.4 Å². The van der Waals surface area contributed by atoms with Crippen LogP contribution in [0.4, 0.5) is 5.82 Å². The molecule has 8 heteroatoms. The number of ether oxygens (including phenoxy) is 1. The predicted octanol–water partition coefficient (Wildman–Crippen LogP) is 6.35. The molecule has 1 fully saturated rings. The highest BCUT2D eigenvalue weighted by atomic mass is 35.5. The number of thiazole rings is 1. The van der Waals surface area contributed by atoms with E-state index in [-0.39, 0.29) is 0 Å². The van der Waals surface area contributed by atoms with E-state index in [2.05, 4.69) is 35.9 Å². The van der Waals surface area contributed by atoms with Gasteiger partial charge in [0.05, 0.1) is 17.1 Å². The second-order valence-corrected chi connectivity index (χ2v) is 10.3. The van der Waals surface area contributed by atoms with Crippen LogP contribution >= 0.6 is 22.9 Å². The normalized spacial score (nSPS) is 14.4. The van der Waals surface area contributed by atoms with Crippen molar-refractivity contribution in [1.82, 2.24) is 19.9 Å². The van der Waals surface area contributed by atoms with Gasteiger partial charge in [-0.05, 0) is 55.5 Å². The Kier molecular flexibility index (Phi) is 6.51. The van der Waals surface area contributed by atoms with Gasteiger partial charge in [0.25, 0.3) is 0 Å². The largest absolute Gasteiger partial charge is 0.493 e. The third-order valence-corrected chi connectivity index (χ3v) is 6.83. The fourth-order valence-electron chi connectivity index (χ4n) is 4.05. The summed E-state index contributed by atoms with van der Waals surface area (Å²) in [6.45, 7) is 7.08. The molecule has 1 aliphatic heterocycles. The fourth-order valence-corrected chi connectivity index (χ4v) is 5.05. The molecule has 1 saturated heterocycles. The third-order valence-electron chi connectivity index (χ3n) is 5.74. The Balaban J connectivity index is 1.36. The van der Waals surface area contributed by atoms with Crippen LogP contribution in [0.25, 0.3) is 22.7 Å². The lowest BCUT2D eigenvalue weighted by molar-refractivity contribution is 0.269. The first kappa shape index (κ1) is 22.2. The summed E-state index contributed by atoms with van der Waals surface area (Å²) in [5.41, 5.74) is 3.54. The molecule has 0 radical (unpaired) electrons. The van der Waals surface area contributed by atoms with Gasteiger partial charge in [-0.3, -0.25) is 0 Å². The summed E-state index contributed by atoms with van der Waals surface area (Å²) in [6.07, 6.45) is 4.42. The second kappa shape index (κ2) is 9.69. The lowest BCUT2D eigenvalue weighted by Gasteiger charge is -2.27. The van der Waals surface area contributed by atoms with Crippen LogP contribution in [-0.4, -0.2) is 39.6 Å². The number of piperidine rings is 1. The first-order valence-electron chi connectivity index (χ1n) is 11.5. The molecule has 0 bridgehead atoms. The summed E-state index contributed by atoms with van der Waals surface area (Å²) in [7, 11) is 0. The van der Waals surface area contributed by atoms with Gasteiger partial charge >= 0.3 is 0 Å². The molecule has 1 N–H and O–H groups in total. The third kappa shape index (κ3) is 5.14. The van der Waals surface area contributed by atoms with Gasteiger partial charge in [-0.25, -0.2) is 15.0 Å². The van der Waals surface area contributed by atoms with Crippen molar-refractivity contribution >= 4 is 39.9 Å². The van der Waals surface area contributed by atoms with Gasteiger partial charge < -0.3 is 14.6 Å². The molecule has 33 heavy (non-hydrogen) atoms. The first-order chi connectivity index (χ1) is 16.0. The van der Waals surface area contributed by atoms with Crippen LogP contribution in [0, 0.1) is 5.92 Å². The van der Waals surface area contributed by atoms with Gasteiger partial charge in [-0.2, -0.15) is 0 Å². The Morgan fingerprint density at radius 1 is 1.09 bits per heavy atom. The SMILES string of the molecule is CC(C)COc1ccc(Cl)cc1Cc1nc(-c2nc3nc(N4CCCCC4)ccc3[nH]2)cs1. The molecule has 0 aliphatic carbocycles. The molecule has 1 aliphatic rings. The number of benzene rings is 1. The predicted molar refractivity (Wildman–Crippen MR) is 136 cm³/mol. The van der Waals surface area contributed by atoms with E-state index in [0.717, 1.165) is 57.9 Å². The zero-order chi connectivity index (χ0) is 22.8. The van der Waals surface area contributed by atoms with Crippen molar-refractivity contribution < 1.29 is 4.74 Å². The van der Waals surface area contributed by atoms with Crippen molar-refractivity contribution in [3.8, 4) is 17.3 Å². The average molecular weight is 482 g/mol. The van der Waals surface area contributed by atoms with E-state index in [9.17, 15) is 0 Å². The number of fused-ring (bicyclic) bond motifs is 1. The maximum atomic E-state index is 6.26. The van der Waals surface area contributed by atoms with E-state index in [1.165, 1.54) is 19.3 Å². The number of halogens is 1. The highest BCUT2D eigenvalue weighted by Crippen LogP contribution is 2.29. The molecule has 5 rings (SSSR count). The standard InChI is InChI=1S/C25H28ClN5OS/c1-16(2)14-32-21-8-6-18(26)12-17(21)13-23-27-20(15-33-23)25-28-19-7-9-22(29-24(19)30-25)31-10-4-3-5-11-31/h6-9,12,15-16H,3-5,10-11,13-14H2,1-2H3,(H,28,29,30). The van der Waals surface area contributed by atoms with Crippen LogP contribution < -0.4 is 9.64 Å². The summed E-state index contributed by atoms with van der Waals surface area (Å²) >= 11 is 7.88. The quantitative estimate of drug-likeness (QED) is 0.333. The highest BCUT2D eigenvalue weighted by molar-refractivity contribution is 7.10. The van der Waals surface area contributed by atoms with E-state index in [0.29, 0.717) is 24.0 Å². The monoisotopic (exact) mass is 481 g/mol. The topological polar surface area (TPSA) is 66.9 Å². The van der Waals surface area contributed by atoms with Gasteiger partial charge in [0.15, 0.2) is 11.5 Å². The molecule has 3 aromatic heterocycles. The molecule has 1 aromatic carbocycles. The fraction of sp³-hybridized carbons (Fsp3) is 0.400. The smallest absolute Gasteiger partial charge is 0.180 e. The Hall–Kier alpha value is -2.64. The summed E-state index contributed by atoms with van der Waals surface area (Å²) in [4.78, 5) is 20.1. The van der Waals surface area contributed by atoms with Crippen molar-refractivity contribution in [2.24, 2.45) is 5.92 Å². The maximum absolute atomic E-state index is 6.26. The van der Waals surface area contributed by atoms with Gasteiger partial charge in [0.1, 0.15) is 17.3 Å². The van der Waals surface area contributed by atoms with Crippen LogP contribution in [-0.2, 0) is 6.42 Å². The molecule has 0 unspecified atom stereocenters. The zero-order valence-electron chi connectivity index (χ0n) is 19.0. The Morgan fingerprint density at radius 2 is 1.94 bits per heavy atom. The summed E-state index contributed by atoms with van der Waals surface area (Å²) in [5, 5.41) is 3.73. The second-order valence-electron chi connectivity index (χ2n) is 8.93. The number of hydrogen-bond donors (Lipinski definition) is 1. The molecular formula is C25H28ClN5OS. The molecule has 4 aromatic rings. The highest BCUT2D eigenvalue weighted by Gasteiger charge is 2.16. The van der Waals surface area contributed by atoms with Gasteiger partial charge in [0, 0.05) is 35.5 Å². The van der Waals surface area contributed by atoms with Crippen molar-refractivity contribution in [2.45, 2.75) is 39.5 Å². The number of imidazole rings is 1. The number of H-pyrrole nitrogens is 1. The number of rotatable bonds is 7. The lowest BCUT2D eigenvalue weighted by Crippen LogP contribution is -2.30. The van der Waals surface area contributed by atoms with E-state index in [1.54, 1.807) is 11.3 Å². The number of nitrogens with zero attached hydrogens (tertiary/aromatic N) is 4. The Morgan fingerprint density at radius 3 is 2.76 bits per heavy atom. The van der Waals surface area contributed by atoms with E-state index in [4.69, 9.17) is 31.3 Å². The molecule has 6 nitrogen and oxygen atoms in total. The van der Waals surface area contributed by atoms with Crippen LogP contribution in [0.15, 0.2) is 35.7 Å². The molecule has 4 heterocycles. The van der Waals surface area contributed by atoms with Crippen LogP contribution in [0.5, 0.6) is 5.75 Å². The number of anilines is 1. The summed E-state index contributed by atoms with van der Waals surface area (Å²) in [6, 6.07) is 9.93. The van der Waals surface area contributed by atoms with Crippen molar-refractivity contribution in [3.05, 3.63) is 51.3 Å². The minimum atomic E-state index is 0.456. The van der Waals surface area contributed by atoms with Crippen LogP contribution in [0.1, 0.15) is 43.7 Å². The molecule has 172 valence electrons. The van der Waals surface area contributed by atoms with Crippen LogP contribution in [0.2, 0.25) is 5.02 Å². The first-order valence-corrected chi connectivity index (χ1v) is 12.8. The number of aromatic amines is 1. The average Bonchev–Trinajstić information content (AvgIpc) is 3.45. The molecule has 0 spiro atoms. The molecule has 0 saturated carbocycles. The number of hydrogen-bond acceptors (Lipinski definition) is 6. The van der Waals surface area contributed by atoms with E-state index in [1.807, 2.05) is 23.6 Å². The summed E-state index contributed by atoms with van der Waals surface area (Å²) in [5.74, 6) is 3.08. The number of aromatic nitrogens is 4. The van der Waals surface area contributed by atoms with E-state index >= 15 is 0 Å². The Labute approximate surface area is 203 Å². The van der Waals surface area contributed by atoms with Crippen molar-refractivity contribution in [3.63, 3.8) is 0 Å². The van der Waals surface area contributed by atoms with Crippen molar-refractivity contribution in [2.75, 3.05) is 24.6 Å². The number of nitrogens with one attached hydrogen (secondary N) is 1. The zero-order valence-corrected chi connectivity index (χ0v) is 20.5. The maximum Gasteiger partial charge on any atom is 0.180 e. The summed E-state index contributed by atoms with van der Waals surface area (Å²) < 4.78 is 6.01. The van der Waals surface area contributed by atoms with Gasteiger partial charge in [0.2, 0.25) is 0 Å². The Bertz CT molecular complexity index is 1240. The minimum Gasteiger partial charge on any atom is -0.493 e. The van der Waals surface area contributed by atoms with Crippen LogP contribution in [0.3, 0.4) is 0 Å². The molecular weight excluding hydrogens is 454 g/mol.